The Bertz CT molecular complexity index is 547. The third kappa shape index (κ3) is 2.13. The Kier molecular flexibility index (Phi) is 3.06. The third-order valence-electron chi connectivity index (χ3n) is 3.38. The summed E-state index contributed by atoms with van der Waals surface area (Å²) >= 11 is 1.69. The van der Waals surface area contributed by atoms with Gasteiger partial charge in [0.15, 0.2) is 5.13 Å². The van der Waals surface area contributed by atoms with Gasteiger partial charge < -0.3 is 10.6 Å². The number of anilines is 1. The fourth-order valence-corrected chi connectivity index (χ4v) is 3.25. The average molecular weight is 259 g/mol. The molecule has 0 radical (unpaired) electrons. The summed E-state index contributed by atoms with van der Waals surface area (Å²) in [5, 5.41) is 3.16. The lowest BCUT2D eigenvalue weighted by atomic mass is 10.0. The van der Waals surface area contributed by atoms with Crippen LogP contribution >= 0.6 is 11.3 Å². The third-order valence-corrected chi connectivity index (χ3v) is 4.30. The van der Waals surface area contributed by atoms with Gasteiger partial charge in [0.05, 0.1) is 5.69 Å². The van der Waals surface area contributed by atoms with Crippen molar-refractivity contribution >= 4 is 16.5 Å². The second-order valence-corrected chi connectivity index (χ2v) is 5.62. The van der Waals surface area contributed by atoms with Crippen molar-refractivity contribution in [2.75, 3.05) is 11.4 Å². The highest BCUT2D eigenvalue weighted by atomic mass is 32.1. The fraction of sp³-hybridized carbons (Fsp3) is 0.357. The number of thiazole rings is 1. The molecule has 0 fully saturated rings. The van der Waals surface area contributed by atoms with E-state index in [-0.39, 0.29) is 6.04 Å². The van der Waals surface area contributed by atoms with Gasteiger partial charge in [0.1, 0.15) is 0 Å². The number of fused-ring (bicyclic) bond motifs is 1. The second-order valence-electron chi connectivity index (χ2n) is 4.78. The molecule has 1 aliphatic rings. The SMILES string of the molecule is CC(N)c1csc(N2CCc3ccccc3C2)n1. The smallest absolute Gasteiger partial charge is 0.185 e. The molecule has 2 heterocycles. The molecule has 1 aromatic heterocycles. The lowest BCUT2D eigenvalue weighted by Crippen LogP contribution is -2.30. The van der Waals surface area contributed by atoms with E-state index in [4.69, 9.17) is 5.73 Å². The Hall–Kier alpha value is -1.39. The van der Waals surface area contributed by atoms with Crippen LogP contribution in [0.2, 0.25) is 0 Å². The summed E-state index contributed by atoms with van der Waals surface area (Å²) in [6.45, 7) is 3.98. The van der Waals surface area contributed by atoms with Crippen LogP contribution in [0.3, 0.4) is 0 Å². The first-order valence-corrected chi connectivity index (χ1v) is 7.15. The zero-order valence-corrected chi connectivity index (χ0v) is 11.3. The molecule has 2 aromatic rings. The first-order chi connectivity index (χ1) is 8.74. The Morgan fingerprint density at radius 1 is 1.33 bits per heavy atom. The Labute approximate surface area is 111 Å². The normalized spacial score (nSPS) is 16.4. The molecule has 2 N–H and O–H groups in total. The van der Waals surface area contributed by atoms with E-state index < -0.39 is 0 Å². The molecule has 18 heavy (non-hydrogen) atoms. The van der Waals surface area contributed by atoms with Crippen LogP contribution in [0.5, 0.6) is 0 Å². The predicted molar refractivity (Wildman–Crippen MR) is 75.9 cm³/mol. The molecule has 4 heteroatoms. The van der Waals surface area contributed by atoms with Crippen LogP contribution < -0.4 is 10.6 Å². The Morgan fingerprint density at radius 2 is 2.11 bits per heavy atom. The molecule has 0 amide bonds. The molecule has 0 aliphatic carbocycles. The van der Waals surface area contributed by atoms with Gasteiger partial charge >= 0.3 is 0 Å². The highest BCUT2D eigenvalue weighted by Gasteiger charge is 2.18. The van der Waals surface area contributed by atoms with Gasteiger partial charge in [-0.25, -0.2) is 4.98 Å². The minimum Gasteiger partial charge on any atom is -0.343 e. The van der Waals surface area contributed by atoms with Crippen LogP contribution in [0.1, 0.15) is 29.8 Å². The van der Waals surface area contributed by atoms with E-state index >= 15 is 0 Å². The van der Waals surface area contributed by atoms with Gasteiger partial charge in [-0.1, -0.05) is 24.3 Å². The Morgan fingerprint density at radius 3 is 2.83 bits per heavy atom. The van der Waals surface area contributed by atoms with Crippen molar-refractivity contribution < 1.29 is 0 Å². The summed E-state index contributed by atoms with van der Waals surface area (Å²) < 4.78 is 0. The first kappa shape index (κ1) is 11.7. The maximum absolute atomic E-state index is 5.86. The van der Waals surface area contributed by atoms with Crippen molar-refractivity contribution in [3.8, 4) is 0 Å². The van der Waals surface area contributed by atoms with Gasteiger partial charge in [0.25, 0.3) is 0 Å². The van der Waals surface area contributed by atoms with Gasteiger partial charge in [-0.3, -0.25) is 0 Å². The lowest BCUT2D eigenvalue weighted by Gasteiger charge is -2.28. The van der Waals surface area contributed by atoms with Crippen molar-refractivity contribution in [1.29, 1.82) is 0 Å². The van der Waals surface area contributed by atoms with E-state index in [2.05, 4.69) is 39.5 Å². The van der Waals surface area contributed by atoms with Crippen molar-refractivity contribution in [2.45, 2.75) is 25.9 Å². The number of nitrogens with two attached hydrogens (primary N) is 1. The molecule has 1 aliphatic heterocycles. The summed E-state index contributed by atoms with van der Waals surface area (Å²) in [4.78, 5) is 6.97. The van der Waals surface area contributed by atoms with Gasteiger partial charge in [0.2, 0.25) is 0 Å². The van der Waals surface area contributed by atoms with Crippen molar-refractivity contribution in [1.82, 2.24) is 4.98 Å². The van der Waals surface area contributed by atoms with E-state index in [1.807, 2.05) is 6.92 Å². The molecule has 1 aromatic carbocycles. The summed E-state index contributed by atoms with van der Waals surface area (Å²) in [5.41, 5.74) is 9.74. The van der Waals surface area contributed by atoms with E-state index in [0.717, 1.165) is 30.3 Å². The van der Waals surface area contributed by atoms with Crippen LogP contribution in [0.25, 0.3) is 0 Å². The molecular weight excluding hydrogens is 242 g/mol. The number of aromatic nitrogens is 1. The topological polar surface area (TPSA) is 42.1 Å². The van der Waals surface area contributed by atoms with Gasteiger partial charge in [-0.05, 0) is 24.5 Å². The number of rotatable bonds is 2. The predicted octanol–water partition coefficient (Wildman–Crippen LogP) is 2.73. The maximum Gasteiger partial charge on any atom is 0.185 e. The van der Waals surface area contributed by atoms with Crippen molar-refractivity contribution in [3.63, 3.8) is 0 Å². The molecule has 0 saturated heterocycles. The molecule has 0 saturated carbocycles. The van der Waals surface area contributed by atoms with Crippen LogP contribution in [0, 0.1) is 0 Å². The van der Waals surface area contributed by atoms with E-state index in [9.17, 15) is 0 Å². The summed E-state index contributed by atoms with van der Waals surface area (Å²) in [5.74, 6) is 0. The molecular formula is C14H17N3S. The fourth-order valence-electron chi connectivity index (χ4n) is 2.29. The monoisotopic (exact) mass is 259 g/mol. The van der Waals surface area contributed by atoms with Crippen LogP contribution in [0.4, 0.5) is 5.13 Å². The minimum absolute atomic E-state index is 0.0204. The van der Waals surface area contributed by atoms with E-state index in [1.54, 1.807) is 11.3 Å². The molecule has 0 spiro atoms. The Balaban J connectivity index is 1.83. The summed E-state index contributed by atoms with van der Waals surface area (Å²) in [7, 11) is 0. The van der Waals surface area contributed by atoms with Crippen molar-refractivity contribution in [2.24, 2.45) is 5.73 Å². The minimum atomic E-state index is 0.0204. The standard InChI is InChI=1S/C14H17N3S/c1-10(15)13-9-18-14(16-13)17-7-6-11-4-2-3-5-12(11)8-17/h2-5,9-10H,6-8,15H2,1H3. The van der Waals surface area contributed by atoms with Gasteiger partial charge in [-0.15, -0.1) is 11.3 Å². The van der Waals surface area contributed by atoms with Crippen molar-refractivity contribution in [3.05, 3.63) is 46.5 Å². The molecule has 1 atom stereocenters. The quantitative estimate of drug-likeness (QED) is 0.901. The number of benzene rings is 1. The highest BCUT2D eigenvalue weighted by molar-refractivity contribution is 7.13. The molecule has 0 bridgehead atoms. The zero-order chi connectivity index (χ0) is 12.5. The highest BCUT2D eigenvalue weighted by Crippen LogP contribution is 2.28. The molecule has 94 valence electrons. The average Bonchev–Trinajstić information content (AvgIpc) is 2.88. The number of hydrogen-bond donors (Lipinski definition) is 1. The van der Waals surface area contributed by atoms with Crippen LogP contribution in [-0.4, -0.2) is 11.5 Å². The molecule has 3 nitrogen and oxygen atoms in total. The number of hydrogen-bond acceptors (Lipinski definition) is 4. The largest absolute Gasteiger partial charge is 0.343 e. The zero-order valence-electron chi connectivity index (χ0n) is 10.5. The van der Waals surface area contributed by atoms with Gasteiger partial charge in [0, 0.05) is 24.5 Å². The summed E-state index contributed by atoms with van der Waals surface area (Å²) in [6.07, 6.45) is 1.10. The maximum atomic E-state index is 5.86. The summed E-state index contributed by atoms with van der Waals surface area (Å²) in [6, 6.07) is 8.68. The molecule has 3 rings (SSSR count). The molecule has 1 unspecified atom stereocenters. The number of nitrogens with zero attached hydrogens (tertiary/aromatic N) is 2. The van der Waals surface area contributed by atoms with Crippen LogP contribution in [-0.2, 0) is 13.0 Å². The van der Waals surface area contributed by atoms with E-state index in [0.29, 0.717) is 0 Å². The lowest BCUT2D eigenvalue weighted by molar-refractivity contribution is 0.720. The van der Waals surface area contributed by atoms with Crippen LogP contribution in [0.15, 0.2) is 29.6 Å². The first-order valence-electron chi connectivity index (χ1n) is 6.27. The van der Waals surface area contributed by atoms with E-state index in [1.165, 1.54) is 11.1 Å². The van der Waals surface area contributed by atoms with Gasteiger partial charge in [-0.2, -0.15) is 0 Å². The second kappa shape index (κ2) is 4.71.